The number of rotatable bonds is 7. The van der Waals surface area contributed by atoms with Crippen LogP contribution in [0.2, 0.25) is 0 Å². The molecule has 1 N–H and O–H groups in total. The van der Waals surface area contributed by atoms with E-state index in [9.17, 15) is 0 Å². The fourth-order valence-electron chi connectivity index (χ4n) is 2.30. The van der Waals surface area contributed by atoms with Crippen LogP contribution in [0, 0.1) is 0 Å². The number of anilines is 1. The van der Waals surface area contributed by atoms with Gasteiger partial charge >= 0.3 is 0 Å². The molecule has 2 aromatic rings. The van der Waals surface area contributed by atoms with Gasteiger partial charge in [-0.05, 0) is 36.5 Å². The van der Waals surface area contributed by atoms with Gasteiger partial charge in [-0.3, -0.25) is 0 Å². The summed E-state index contributed by atoms with van der Waals surface area (Å²) in [6, 6.07) is 8.78. The number of aryl methyl sites for hydroxylation is 1. The zero-order chi connectivity index (χ0) is 14.4. The molecule has 108 valence electrons. The number of nitrogens with zero attached hydrogens (tertiary/aromatic N) is 2. The lowest BCUT2D eigenvalue weighted by molar-refractivity contribution is 0.651. The second kappa shape index (κ2) is 7.13. The summed E-state index contributed by atoms with van der Waals surface area (Å²) < 4.78 is 2.21. The van der Waals surface area contributed by atoms with E-state index in [4.69, 9.17) is 0 Å². The Morgan fingerprint density at radius 2 is 1.95 bits per heavy atom. The number of nitrogens with one attached hydrogen (secondary N) is 1. The van der Waals surface area contributed by atoms with Crippen molar-refractivity contribution in [1.29, 1.82) is 0 Å². The Morgan fingerprint density at radius 1 is 1.20 bits per heavy atom. The Bertz CT molecular complexity index is 513. The molecule has 0 spiro atoms. The number of hydrogen-bond donors (Lipinski definition) is 1. The molecular formula is C17H25N3. The Morgan fingerprint density at radius 3 is 2.60 bits per heavy atom. The van der Waals surface area contributed by atoms with Crippen LogP contribution in [0.3, 0.4) is 0 Å². The highest BCUT2D eigenvalue weighted by Crippen LogP contribution is 2.20. The summed E-state index contributed by atoms with van der Waals surface area (Å²) in [5, 5.41) is 3.47. The summed E-state index contributed by atoms with van der Waals surface area (Å²) in [5.41, 5.74) is 3.81. The van der Waals surface area contributed by atoms with E-state index in [2.05, 4.69) is 59.9 Å². The maximum Gasteiger partial charge on any atom is 0.0948 e. The largest absolute Gasteiger partial charge is 0.379 e. The first-order valence-electron chi connectivity index (χ1n) is 7.57. The molecule has 0 saturated heterocycles. The maximum atomic E-state index is 4.22. The van der Waals surface area contributed by atoms with Gasteiger partial charge < -0.3 is 9.88 Å². The van der Waals surface area contributed by atoms with E-state index in [0.717, 1.165) is 19.5 Å². The Hall–Kier alpha value is -1.77. The molecule has 0 aliphatic heterocycles. The molecule has 0 aliphatic rings. The van der Waals surface area contributed by atoms with Gasteiger partial charge in [0.25, 0.3) is 0 Å². The highest BCUT2D eigenvalue weighted by atomic mass is 15.1. The molecule has 1 unspecified atom stereocenters. The zero-order valence-electron chi connectivity index (χ0n) is 12.8. The minimum Gasteiger partial charge on any atom is -0.379 e. The van der Waals surface area contributed by atoms with Crippen LogP contribution >= 0.6 is 0 Å². The summed E-state index contributed by atoms with van der Waals surface area (Å²) in [7, 11) is 0. The van der Waals surface area contributed by atoms with Crippen LogP contribution < -0.4 is 5.32 Å². The minimum atomic E-state index is 0.634. The van der Waals surface area contributed by atoms with E-state index in [-0.39, 0.29) is 0 Å². The molecule has 0 amide bonds. The van der Waals surface area contributed by atoms with Crippen molar-refractivity contribution in [3.63, 3.8) is 0 Å². The maximum absolute atomic E-state index is 4.22. The monoisotopic (exact) mass is 271 g/mol. The van der Waals surface area contributed by atoms with Gasteiger partial charge in [0.05, 0.1) is 18.6 Å². The lowest BCUT2D eigenvalue weighted by Crippen LogP contribution is -2.07. The third kappa shape index (κ3) is 3.62. The van der Waals surface area contributed by atoms with Gasteiger partial charge in [-0.15, -0.1) is 0 Å². The summed E-state index contributed by atoms with van der Waals surface area (Å²) in [5.74, 6) is 0.634. The summed E-state index contributed by atoms with van der Waals surface area (Å²) in [4.78, 5) is 4.22. The minimum absolute atomic E-state index is 0.634. The van der Waals surface area contributed by atoms with Crippen molar-refractivity contribution >= 4 is 5.69 Å². The van der Waals surface area contributed by atoms with Crippen LogP contribution in [0.1, 0.15) is 50.8 Å². The Labute approximate surface area is 122 Å². The molecule has 1 aromatic carbocycles. The smallest absolute Gasteiger partial charge is 0.0948 e. The lowest BCUT2D eigenvalue weighted by Gasteiger charge is -2.12. The van der Waals surface area contributed by atoms with Crippen molar-refractivity contribution in [2.45, 2.75) is 52.6 Å². The first-order chi connectivity index (χ1) is 9.74. The summed E-state index contributed by atoms with van der Waals surface area (Å²) in [6.45, 7) is 8.54. The first kappa shape index (κ1) is 14.6. The van der Waals surface area contributed by atoms with Crippen LogP contribution in [0.4, 0.5) is 5.69 Å². The fraction of sp³-hybridized carbons (Fsp3) is 0.471. The van der Waals surface area contributed by atoms with Crippen molar-refractivity contribution in [2.24, 2.45) is 0 Å². The first-order valence-corrected chi connectivity index (χ1v) is 7.57. The predicted octanol–water partition coefficient (Wildman–Crippen LogP) is 4.42. The third-order valence-electron chi connectivity index (χ3n) is 3.83. The molecule has 0 saturated carbocycles. The molecule has 3 nitrogen and oxygen atoms in total. The normalized spacial score (nSPS) is 12.3. The van der Waals surface area contributed by atoms with Gasteiger partial charge in [0.1, 0.15) is 0 Å². The zero-order valence-corrected chi connectivity index (χ0v) is 12.8. The Kier molecular flexibility index (Phi) is 5.22. The molecule has 1 aromatic heterocycles. The third-order valence-corrected chi connectivity index (χ3v) is 3.83. The van der Waals surface area contributed by atoms with E-state index in [1.54, 1.807) is 0 Å². The van der Waals surface area contributed by atoms with Gasteiger partial charge in [0, 0.05) is 18.4 Å². The molecule has 0 radical (unpaired) electrons. The van der Waals surface area contributed by atoms with Crippen LogP contribution in [0.5, 0.6) is 0 Å². The van der Waals surface area contributed by atoms with Crippen LogP contribution in [0.15, 0.2) is 36.8 Å². The van der Waals surface area contributed by atoms with Crippen molar-refractivity contribution in [1.82, 2.24) is 9.55 Å². The topological polar surface area (TPSA) is 29.9 Å². The molecule has 0 aliphatic carbocycles. The molecule has 0 fully saturated rings. The number of imidazole rings is 1. The average Bonchev–Trinajstić information content (AvgIpc) is 2.92. The highest BCUT2D eigenvalue weighted by Gasteiger charge is 2.03. The standard InChI is InChI=1S/C17H25N3/c1-4-10-20-13-18-11-17(20)12-19-16-8-6-15(7-9-16)14(3)5-2/h6-9,11,13-14,19H,4-5,10,12H2,1-3H3. The van der Waals surface area contributed by atoms with Crippen LogP contribution in [-0.2, 0) is 13.1 Å². The highest BCUT2D eigenvalue weighted by molar-refractivity contribution is 5.45. The van der Waals surface area contributed by atoms with Crippen molar-refractivity contribution in [2.75, 3.05) is 5.32 Å². The van der Waals surface area contributed by atoms with Crippen molar-refractivity contribution < 1.29 is 0 Å². The van der Waals surface area contributed by atoms with E-state index >= 15 is 0 Å². The number of hydrogen-bond acceptors (Lipinski definition) is 2. The quantitative estimate of drug-likeness (QED) is 0.808. The molecule has 2 rings (SSSR count). The van der Waals surface area contributed by atoms with Gasteiger partial charge in [0.2, 0.25) is 0 Å². The summed E-state index contributed by atoms with van der Waals surface area (Å²) in [6.07, 6.45) is 6.17. The average molecular weight is 271 g/mol. The molecule has 1 heterocycles. The van der Waals surface area contributed by atoms with E-state index in [0.29, 0.717) is 5.92 Å². The molecule has 0 bridgehead atoms. The SMILES string of the molecule is CCCn1cncc1CNc1ccc(C(C)CC)cc1. The molecule has 3 heteroatoms. The van der Waals surface area contributed by atoms with Crippen LogP contribution in [0.25, 0.3) is 0 Å². The number of aromatic nitrogens is 2. The summed E-state index contributed by atoms with van der Waals surface area (Å²) >= 11 is 0. The van der Waals surface area contributed by atoms with Crippen molar-refractivity contribution in [3.8, 4) is 0 Å². The second-order valence-electron chi connectivity index (χ2n) is 5.36. The number of benzene rings is 1. The van der Waals surface area contributed by atoms with E-state index in [1.165, 1.54) is 23.4 Å². The van der Waals surface area contributed by atoms with Crippen LogP contribution in [-0.4, -0.2) is 9.55 Å². The fourth-order valence-corrected chi connectivity index (χ4v) is 2.30. The Balaban J connectivity index is 1.95. The second-order valence-corrected chi connectivity index (χ2v) is 5.36. The van der Waals surface area contributed by atoms with Gasteiger partial charge in [-0.1, -0.05) is 32.9 Å². The van der Waals surface area contributed by atoms with Gasteiger partial charge in [0.15, 0.2) is 0 Å². The van der Waals surface area contributed by atoms with Gasteiger partial charge in [-0.2, -0.15) is 0 Å². The molecular weight excluding hydrogens is 246 g/mol. The van der Waals surface area contributed by atoms with E-state index in [1.807, 2.05) is 12.5 Å². The molecule has 20 heavy (non-hydrogen) atoms. The molecule has 1 atom stereocenters. The van der Waals surface area contributed by atoms with Crippen molar-refractivity contribution in [3.05, 3.63) is 48.0 Å². The van der Waals surface area contributed by atoms with Gasteiger partial charge in [-0.25, -0.2) is 4.98 Å². The van der Waals surface area contributed by atoms with E-state index < -0.39 is 0 Å². The predicted molar refractivity (Wildman–Crippen MR) is 85.0 cm³/mol. The lowest BCUT2D eigenvalue weighted by atomic mass is 9.99.